The first-order valence-electron chi connectivity index (χ1n) is 6.71. The van der Waals surface area contributed by atoms with Crippen LogP contribution in [-0.2, 0) is 6.54 Å². The van der Waals surface area contributed by atoms with E-state index < -0.39 is 0 Å². The Morgan fingerprint density at radius 1 is 1.21 bits per heavy atom. The molecule has 2 heteroatoms. The van der Waals surface area contributed by atoms with Crippen LogP contribution in [-0.4, -0.2) is 13.7 Å². The molecule has 0 aliphatic rings. The second-order valence-corrected chi connectivity index (χ2v) is 4.69. The number of fused-ring (bicyclic) bond motifs is 1. The Balaban J connectivity index is 2.36. The van der Waals surface area contributed by atoms with Crippen LogP contribution in [0.15, 0.2) is 48.6 Å². The van der Waals surface area contributed by atoms with Gasteiger partial charge in [-0.25, -0.2) is 0 Å². The van der Waals surface area contributed by atoms with E-state index in [1.165, 1.54) is 16.3 Å². The largest absolute Gasteiger partial charge is 0.489 e. The van der Waals surface area contributed by atoms with Gasteiger partial charge in [-0.15, -0.1) is 0 Å². The summed E-state index contributed by atoms with van der Waals surface area (Å²) in [6, 6.07) is 12.6. The van der Waals surface area contributed by atoms with E-state index in [1.807, 2.05) is 7.05 Å². The zero-order valence-electron chi connectivity index (χ0n) is 11.7. The molecule has 19 heavy (non-hydrogen) atoms. The molecule has 0 fully saturated rings. The lowest BCUT2D eigenvalue weighted by atomic mass is 10.0. The van der Waals surface area contributed by atoms with Crippen molar-refractivity contribution in [2.45, 2.75) is 19.9 Å². The zero-order chi connectivity index (χ0) is 13.7. The normalized spacial score (nSPS) is 10.6. The summed E-state index contributed by atoms with van der Waals surface area (Å²) in [5, 5.41) is 5.71. The van der Waals surface area contributed by atoms with Crippen molar-refractivity contribution in [3.63, 3.8) is 0 Å². The number of benzene rings is 2. The van der Waals surface area contributed by atoms with Gasteiger partial charge in [-0.05, 0) is 35.9 Å². The van der Waals surface area contributed by atoms with Crippen LogP contribution in [0.1, 0.15) is 18.9 Å². The predicted molar refractivity (Wildman–Crippen MR) is 81.6 cm³/mol. The lowest BCUT2D eigenvalue weighted by Crippen LogP contribution is -2.09. The molecule has 0 amide bonds. The average Bonchev–Trinajstić information content (AvgIpc) is 2.46. The van der Waals surface area contributed by atoms with Gasteiger partial charge in [0, 0.05) is 12.1 Å². The van der Waals surface area contributed by atoms with Gasteiger partial charge < -0.3 is 10.1 Å². The Hall–Kier alpha value is -1.80. The summed E-state index contributed by atoms with van der Waals surface area (Å²) in [7, 11) is 1.95. The SMILES string of the molecule is C=C(CC)COc1ccc2ccccc2c1CNC. The van der Waals surface area contributed by atoms with Crippen molar-refractivity contribution in [3.8, 4) is 5.75 Å². The van der Waals surface area contributed by atoms with Crippen LogP contribution in [0.5, 0.6) is 5.75 Å². The van der Waals surface area contributed by atoms with Crippen molar-refractivity contribution in [1.82, 2.24) is 5.32 Å². The fourth-order valence-electron chi connectivity index (χ4n) is 2.09. The molecule has 0 bridgehead atoms. The average molecular weight is 255 g/mol. The third-order valence-electron chi connectivity index (χ3n) is 3.28. The van der Waals surface area contributed by atoms with E-state index >= 15 is 0 Å². The zero-order valence-corrected chi connectivity index (χ0v) is 11.7. The molecule has 0 saturated carbocycles. The highest BCUT2D eigenvalue weighted by Crippen LogP contribution is 2.28. The van der Waals surface area contributed by atoms with Gasteiger partial charge in [0.15, 0.2) is 0 Å². The molecule has 0 radical (unpaired) electrons. The third-order valence-corrected chi connectivity index (χ3v) is 3.28. The molecule has 2 nitrogen and oxygen atoms in total. The molecule has 0 unspecified atom stereocenters. The summed E-state index contributed by atoms with van der Waals surface area (Å²) >= 11 is 0. The Labute approximate surface area is 115 Å². The Morgan fingerprint density at radius 3 is 2.74 bits per heavy atom. The number of rotatable bonds is 6. The minimum Gasteiger partial charge on any atom is -0.489 e. The summed E-state index contributed by atoms with van der Waals surface area (Å²) in [6.07, 6.45) is 0.953. The standard InChI is InChI=1S/C17H21NO/c1-4-13(2)12-19-17-10-9-14-7-5-6-8-15(14)16(17)11-18-3/h5-10,18H,2,4,11-12H2,1,3H3. The highest BCUT2D eigenvalue weighted by atomic mass is 16.5. The fourth-order valence-corrected chi connectivity index (χ4v) is 2.09. The number of hydrogen-bond donors (Lipinski definition) is 1. The first-order chi connectivity index (χ1) is 9.26. The first-order valence-corrected chi connectivity index (χ1v) is 6.71. The molecular formula is C17H21NO. The Morgan fingerprint density at radius 2 is 2.00 bits per heavy atom. The second-order valence-electron chi connectivity index (χ2n) is 4.69. The maximum Gasteiger partial charge on any atom is 0.124 e. The van der Waals surface area contributed by atoms with Gasteiger partial charge in [0.25, 0.3) is 0 Å². The highest BCUT2D eigenvalue weighted by Gasteiger charge is 2.08. The number of nitrogens with one attached hydrogen (secondary N) is 1. The minimum absolute atomic E-state index is 0.589. The van der Waals surface area contributed by atoms with Crippen molar-refractivity contribution in [3.05, 3.63) is 54.1 Å². The molecular weight excluding hydrogens is 234 g/mol. The van der Waals surface area contributed by atoms with Crippen LogP contribution in [0.4, 0.5) is 0 Å². The van der Waals surface area contributed by atoms with Gasteiger partial charge >= 0.3 is 0 Å². The van der Waals surface area contributed by atoms with Crippen LogP contribution >= 0.6 is 0 Å². The van der Waals surface area contributed by atoms with Gasteiger partial charge in [-0.2, -0.15) is 0 Å². The van der Waals surface area contributed by atoms with E-state index in [9.17, 15) is 0 Å². The molecule has 0 aliphatic carbocycles. The summed E-state index contributed by atoms with van der Waals surface area (Å²) in [5.41, 5.74) is 2.33. The van der Waals surface area contributed by atoms with E-state index in [0.717, 1.165) is 24.3 Å². The fraction of sp³-hybridized carbons (Fsp3) is 0.294. The second kappa shape index (κ2) is 6.39. The lowest BCUT2D eigenvalue weighted by molar-refractivity contribution is 0.345. The minimum atomic E-state index is 0.589. The van der Waals surface area contributed by atoms with Gasteiger partial charge in [-0.3, -0.25) is 0 Å². The molecule has 100 valence electrons. The van der Waals surface area contributed by atoms with E-state index in [4.69, 9.17) is 4.74 Å². The molecule has 0 heterocycles. The van der Waals surface area contributed by atoms with Gasteiger partial charge in [0.2, 0.25) is 0 Å². The molecule has 0 spiro atoms. The molecule has 2 rings (SSSR count). The number of hydrogen-bond acceptors (Lipinski definition) is 2. The quantitative estimate of drug-likeness (QED) is 0.790. The molecule has 2 aromatic rings. The molecule has 0 saturated heterocycles. The number of ether oxygens (including phenoxy) is 1. The molecule has 0 aromatic heterocycles. The van der Waals surface area contributed by atoms with Gasteiger partial charge in [0.05, 0.1) is 0 Å². The molecule has 2 aromatic carbocycles. The van der Waals surface area contributed by atoms with Crippen LogP contribution in [0.25, 0.3) is 10.8 Å². The topological polar surface area (TPSA) is 21.3 Å². The molecule has 1 N–H and O–H groups in total. The summed E-state index contributed by atoms with van der Waals surface area (Å²) in [6.45, 7) is 7.47. The van der Waals surface area contributed by atoms with Crippen LogP contribution < -0.4 is 10.1 Å². The monoisotopic (exact) mass is 255 g/mol. The van der Waals surface area contributed by atoms with Crippen molar-refractivity contribution < 1.29 is 4.74 Å². The van der Waals surface area contributed by atoms with E-state index in [0.29, 0.717) is 6.61 Å². The Kier molecular flexibility index (Phi) is 4.58. The van der Waals surface area contributed by atoms with E-state index in [2.05, 4.69) is 55.2 Å². The molecule has 0 aliphatic heterocycles. The van der Waals surface area contributed by atoms with Crippen molar-refractivity contribution in [2.75, 3.05) is 13.7 Å². The van der Waals surface area contributed by atoms with Crippen LogP contribution in [0, 0.1) is 0 Å². The van der Waals surface area contributed by atoms with Gasteiger partial charge in [-0.1, -0.05) is 43.8 Å². The lowest BCUT2D eigenvalue weighted by Gasteiger charge is -2.14. The van der Waals surface area contributed by atoms with Crippen LogP contribution in [0.2, 0.25) is 0 Å². The predicted octanol–water partition coefficient (Wildman–Crippen LogP) is 3.90. The summed E-state index contributed by atoms with van der Waals surface area (Å²) in [5.74, 6) is 0.947. The summed E-state index contributed by atoms with van der Waals surface area (Å²) in [4.78, 5) is 0. The van der Waals surface area contributed by atoms with E-state index in [-0.39, 0.29) is 0 Å². The van der Waals surface area contributed by atoms with E-state index in [1.54, 1.807) is 0 Å². The van der Waals surface area contributed by atoms with Crippen LogP contribution in [0.3, 0.4) is 0 Å². The van der Waals surface area contributed by atoms with Crippen molar-refractivity contribution in [2.24, 2.45) is 0 Å². The third kappa shape index (κ3) is 3.15. The smallest absolute Gasteiger partial charge is 0.124 e. The van der Waals surface area contributed by atoms with Crippen molar-refractivity contribution in [1.29, 1.82) is 0 Å². The summed E-state index contributed by atoms with van der Waals surface area (Å²) < 4.78 is 5.91. The van der Waals surface area contributed by atoms with Gasteiger partial charge in [0.1, 0.15) is 12.4 Å². The van der Waals surface area contributed by atoms with Crippen molar-refractivity contribution >= 4 is 10.8 Å². The highest BCUT2D eigenvalue weighted by molar-refractivity contribution is 5.87. The first kappa shape index (κ1) is 13.6. The maximum atomic E-state index is 5.91. The Bertz CT molecular complexity index is 574. The molecule has 0 atom stereocenters. The maximum absolute atomic E-state index is 5.91.